The lowest BCUT2D eigenvalue weighted by Crippen LogP contribution is -2.48. The summed E-state index contributed by atoms with van der Waals surface area (Å²) < 4.78 is 27.1. The molecule has 0 bridgehead atoms. The second-order valence-electron chi connectivity index (χ2n) is 6.25. The Labute approximate surface area is 156 Å². The summed E-state index contributed by atoms with van der Waals surface area (Å²) in [5.74, 6) is 0. The molecule has 1 N–H and O–H groups in total. The fourth-order valence-electron chi connectivity index (χ4n) is 3.32. The molecule has 1 aliphatic rings. The van der Waals surface area contributed by atoms with Crippen molar-refractivity contribution in [2.24, 2.45) is 0 Å². The summed E-state index contributed by atoms with van der Waals surface area (Å²) >= 11 is 0. The lowest BCUT2D eigenvalue weighted by molar-refractivity contribution is 0.142. The Balaban J connectivity index is 1.72. The maximum absolute atomic E-state index is 13.0. The van der Waals surface area contributed by atoms with Crippen molar-refractivity contribution >= 4 is 32.8 Å². The fourth-order valence-corrected chi connectivity index (χ4v) is 4.64. The van der Waals surface area contributed by atoms with Crippen molar-refractivity contribution in [3.05, 3.63) is 54.9 Å². The van der Waals surface area contributed by atoms with Crippen molar-refractivity contribution < 1.29 is 18.3 Å². The Bertz CT molecular complexity index is 1090. The summed E-state index contributed by atoms with van der Waals surface area (Å²) in [5, 5.41) is 9.82. The van der Waals surface area contributed by atoms with E-state index in [4.69, 9.17) is 5.11 Å². The molecule has 0 aliphatic carbocycles. The molecule has 0 radical (unpaired) electrons. The van der Waals surface area contributed by atoms with E-state index in [2.05, 4.69) is 9.88 Å². The van der Waals surface area contributed by atoms with Gasteiger partial charge in [0.05, 0.1) is 4.90 Å². The van der Waals surface area contributed by atoms with Crippen LogP contribution in [0, 0.1) is 0 Å². The van der Waals surface area contributed by atoms with Gasteiger partial charge in [0.1, 0.15) is 0 Å². The average Bonchev–Trinajstić information content (AvgIpc) is 3.14. The zero-order valence-electron chi connectivity index (χ0n) is 14.4. The van der Waals surface area contributed by atoms with Crippen molar-refractivity contribution in [1.29, 1.82) is 0 Å². The molecule has 140 valence electrons. The maximum atomic E-state index is 13.0. The molecule has 4 rings (SSSR count). The largest absolute Gasteiger partial charge is 0.465 e. The summed E-state index contributed by atoms with van der Waals surface area (Å²) in [7, 11) is -3.74. The Hall–Kier alpha value is -3.07. The Morgan fingerprint density at radius 2 is 1.70 bits per heavy atom. The molecule has 0 unspecified atom stereocenters. The van der Waals surface area contributed by atoms with Gasteiger partial charge >= 0.3 is 6.09 Å². The molecule has 3 heterocycles. The smallest absolute Gasteiger partial charge is 0.407 e. The lowest BCUT2D eigenvalue weighted by Gasteiger charge is -2.34. The second kappa shape index (κ2) is 6.58. The SMILES string of the molecule is O=C(O)N1CCN(c2ccnc3c2ccn3S(=O)(=O)c2ccccc2)CC1. The zero-order chi connectivity index (χ0) is 19.0. The number of hydrogen-bond donors (Lipinski definition) is 1. The van der Waals surface area contributed by atoms with Gasteiger partial charge in [-0.05, 0) is 24.3 Å². The van der Waals surface area contributed by atoms with Crippen LogP contribution in [0.5, 0.6) is 0 Å². The van der Waals surface area contributed by atoms with E-state index in [-0.39, 0.29) is 4.90 Å². The van der Waals surface area contributed by atoms with Crippen LogP contribution >= 0.6 is 0 Å². The number of fused-ring (bicyclic) bond motifs is 1. The minimum absolute atomic E-state index is 0.199. The molecule has 0 saturated carbocycles. The molecule has 2 aromatic heterocycles. The van der Waals surface area contributed by atoms with Crippen LogP contribution in [0.25, 0.3) is 11.0 Å². The number of pyridine rings is 1. The van der Waals surface area contributed by atoms with Crippen molar-refractivity contribution in [2.75, 3.05) is 31.1 Å². The first-order chi connectivity index (χ1) is 13.0. The first kappa shape index (κ1) is 17.3. The number of benzene rings is 1. The molecule has 1 aromatic carbocycles. The summed E-state index contributed by atoms with van der Waals surface area (Å²) in [5.41, 5.74) is 1.21. The predicted octanol–water partition coefficient (Wildman–Crippen LogP) is 2.07. The van der Waals surface area contributed by atoms with E-state index in [0.29, 0.717) is 31.8 Å². The van der Waals surface area contributed by atoms with Crippen molar-refractivity contribution in [3.63, 3.8) is 0 Å². The Morgan fingerprint density at radius 3 is 2.37 bits per heavy atom. The highest BCUT2D eigenvalue weighted by molar-refractivity contribution is 7.90. The highest BCUT2D eigenvalue weighted by Crippen LogP contribution is 2.29. The van der Waals surface area contributed by atoms with E-state index >= 15 is 0 Å². The van der Waals surface area contributed by atoms with Gasteiger partial charge in [0.25, 0.3) is 10.0 Å². The second-order valence-corrected chi connectivity index (χ2v) is 8.07. The molecule has 0 spiro atoms. The molecule has 8 nitrogen and oxygen atoms in total. The van der Waals surface area contributed by atoms with Gasteiger partial charge in [0, 0.05) is 49.6 Å². The number of aromatic nitrogens is 2. The predicted molar refractivity (Wildman–Crippen MR) is 101 cm³/mol. The van der Waals surface area contributed by atoms with Gasteiger partial charge in [-0.15, -0.1) is 0 Å². The summed E-state index contributed by atoms with van der Waals surface area (Å²) in [4.78, 5) is 19.0. The topological polar surface area (TPSA) is 95.7 Å². The molecule has 27 heavy (non-hydrogen) atoms. The number of carbonyl (C=O) groups is 1. The number of anilines is 1. The normalized spacial score (nSPS) is 15.3. The van der Waals surface area contributed by atoms with Crippen LogP contribution in [0.2, 0.25) is 0 Å². The van der Waals surface area contributed by atoms with Gasteiger partial charge in [-0.3, -0.25) is 0 Å². The molecule has 1 amide bonds. The number of hydrogen-bond acceptors (Lipinski definition) is 5. The molecular weight excluding hydrogens is 368 g/mol. The summed E-state index contributed by atoms with van der Waals surface area (Å²) in [6.07, 6.45) is 2.17. The molecule has 0 atom stereocenters. The Kier molecular flexibility index (Phi) is 4.23. The monoisotopic (exact) mass is 386 g/mol. The molecule has 1 aliphatic heterocycles. The van der Waals surface area contributed by atoms with Crippen LogP contribution in [-0.4, -0.2) is 59.7 Å². The van der Waals surface area contributed by atoms with Gasteiger partial charge in [-0.25, -0.2) is 22.2 Å². The zero-order valence-corrected chi connectivity index (χ0v) is 15.2. The van der Waals surface area contributed by atoms with Crippen molar-refractivity contribution in [3.8, 4) is 0 Å². The number of carboxylic acid groups (broad SMARTS) is 1. The quantitative estimate of drug-likeness (QED) is 0.740. The third-order valence-corrected chi connectivity index (χ3v) is 6.40. The number of amides is 1. The van der Waals surface area contributed by atoms with Gasteiger partial charge in [0.2, 0.25) is 0 Å². The Morgan fingerprint density at radius 1 is 1.00 bits per heavy atom. The van der Waals surface area contributed by atoms with Crippen LogP contribution in [-0.2, 0) is 10.0 Å². The van der Waals surface area contributed by atoms with Crippen molar-refractivity contribution in [1.82, 2.24) is 13.9 Å². The van der Waals surface area contributed by atoms with Gasteiger partial charge in [-0.2, -0.15) is 0 Å². The summed E-state index contributed by atoms with van der Waals surface area (Å²) in [6, 6.07) is 11.8. The molecule has 9 heteroatoms. The van der Waals surface area contributed by atoms with E-state index in [0.717, 1.165) is 11.1 Å². The summed E-state index contributed by atoms with van der Waals surface area (Å²) in [6.45, 7) is 1.90. The van der Waals surface area contributed by atoms with Crippen molar-refractivity contribution in [2.45, 2.75) is 4.90 Å². The lowest BCUT2D eigenvalue weighted by atomic mass is 10.2. The molecule has 3 aromatic rings. The number of piperazine rings is 1. The van der Waals surface area contributed by atoms with E-state index in [1.807, 2.05) is 6.07 Å². The van der Waals surface area contributed by atoms with E-state index < -0.39 is 16.1 Å². The van der Waals surface area contributed by atoms with E-state index in [1.54, 1.807) is 42.6 Å². The number of rotatable bonds is 3. The maximum Gasteiger partial charge on any atom is 0.407 e. The average molecular weight is 386 g/mol. The minimum atomic E-state index is -3.74. The highest BCUT2D eigenvalue weighted by Gasteiger charge is 2.24. The fraction of sp³-hybridized carbons (Fsp3) is 0.222. The van der Waals surface area contributed by atoms with E-state index in [9.17, 15) is 13.2 Å². The third kappa shape index (κ3) is 2.99. The molecule has 1 fully saturated rings. The van der Waals surface area contributed by atoms with Crippen LogP contribution in [0.1, 0.15) is 0 Å². The number of nitrogens with zero attached hydrogens (tertiary/aromatic N) is 4. The third-order valence-electron chi connectivity index (χ3n) is 4.72. The van der Waals surface area contributed by atoms with Gasteiger partial charge in [-0.1, -0.05) is 18.2 Å². The van der Waals surface area contributed by atoms with Gasteiger partial charge < -0.3 is 14.9 Å². The highest BCUT2D eigenvalue weighted by atomic mass is 32.2. The first-order valence-electron chi connectivity index (χ1n) is 8.48. The van der Waals surface area contributed by atoms with Crippen LogP contribution in [0.3, 0.4) is 0 Å². The minimum Gasteiger partial charge on any atom is -0.465 e. The molecular formula is C18H18N4O4S. The van der Waals surface area contributed by atoms with Crippen LogP contribution in [0.4, 0.5) is 10.5 Å². The van der Waals surface area contributed by atoms with E-state index in [1.165, 1.54) is 15.1 Å². The van der Waals surface area contributed by atoms with Crippen LogP contribution < -0.4 is 4.90 Å². The van der Waals surface area contributed by atoms with Crippen LogP contribution in [0.15, 0.2) is 59.8 Å². The standard InChI is InChI=1S/C18H18N4O4S/c23-18(24)21-12-10-20(11-13-21)16-6-8-19-17-15(16)7-9-22(17)27(25,26)14-4-2-1-3-5-14/h1-9H,10-13H2,(H,23,24). The first-order valence-corrected chi connectivity index (χ1v) is 9.92. The molecule has 1 saturated heterocycles. The van der Waals surface area contributed by atoms with Gasteiger partial charge in [0.15, 0.2) is 5.65 Å².